The van der Waals surface area contributed by atoms with Crippen LogP contribution in [0, 0.1) is 0 Å². The van der Waals surface area contributed by atoms with Crippen molar-refractivity contribution in [3.8, 4) is 23.0 Å². The first-order valence-corrected chi connectivity index (χ1v) is 10.1. The number of hydrogen-bond donors (Lipinski definition) is 0. The molecule has 1 aromatic carbocycles. The van der Waals surface area contributed by atoms with Crippen LogP contribution >= 0.6 is 11.6 Å². The minimum absolute atomic E-state index is 0.138. The van der Waals surface area contributed by atoms with Crippen LogP contribution in [-0.4, -0.2) is 38.1 Å². The van der Waals surface area contributed by atoms with Gasteiger partial charge in [0.05, 0.1) is 0 Å². The average molecular weight is 399 g/mol. The van der Waals surface area contributed by atoms with Crippen molar-refractivity contribution in [3.05, 3.63) is 47.6 Å². The van der Waals surface area contributed by atoms with E-state index in [1.165, 1.54) is 6.42 Å². The van der Waals surface area contributed by atoms with Crippen molar-refractivity contribution in [2.24, 2.45) is 0 Å². The fourth-order valence-electron chi connectivity index (χ4n) is 3.81. The van der Waals surface area contributed by atoms with Crippen molar-refractivity contribution in [1.29, 1.82) is 0 Å². The van der Waals surface area contributed by atoms with Crippen molar-refractivity contribution in [2.75, 3.05) is 6.54 Å². The highest BCUT2D eigenvalue weighted by Gasteiger charge is 2.26. The third-order valence-corrected chi connectivity index (χ3v) is 5.52. The molecule has 1 fully saturated rings. The van der Waals surface area contributed by atoms with Crippen LogP contribution in [-0.2, 0) is 11.3 Å². The number of carbonyl (C=O) groups is 1. The maximum absolute atomic E-state index is 12.9. The van der Waals surface area contributed by atoms with Gasteiger partial charge in [-0.3, -0.25) is 4.79 Å². The lowest BCUT2D eigenvalue weighted by Gasteiger charge is -2.35. The first-order chi connectivity index (χ1) is 13.7. The number of amides is 1. The lowest BCUT2D eigenvalue weighted by atomic mass is 10.00. The van der Waals surface area contributed by atoms with Crippen molar-refractivity contribution in [3.63, 3.8) is 0 Å². The Morgan fingerprint density at radius 2 is 2.18 bits per heavy atom. The van der Waals surface area contributed by atoms with E-state index in [0.29, 0.717) is 22.8 Å². The Labute approximate surface area is 169 Å². The molecule has 1 atom stereocenters. The van der Waals surface area contributed by atoms with Gasteiger partial charge in [-0.25, -0.2) is 0 Å². The Bertz CT molecular complexity index is 965. The minimum atomic E-state index is 0.138. The molecule has 0 bridgehead atoms. The number of aromatic nitrogens is 3. The molecule has 7 heteroatoms. The number of halogens is 1. The third-order valence-electron chi connectivity index (χ3n) is 5.28. The quantitative estimate of drug-likeness (QED) is 0.627. The molecule has 0 N–H and O–H groups in total. The van der Waals surface area contributed by atoms with Crippen LogP contribution in [0.15, 0.2) is 47.1 Å². The van der Waals surface area contributed by atoms with Gasteiger partial charge in [0.15, 0.2) is 0 Å². The van der Waals surface area contributed by atoms with Gasteiger partial charge in [-0.15, -0.1) is 0 Å². The summed E-state index contributed by atoms with van der Waals surface area (Å²) in [5.41, 5.74) is 1.52. The average Bonchev–Trinajstić information content (AvgIpc) is 3.37. The Hall–Kier alpha value is -2.60. The molecule has 0 saturated carbocycles. The molecule has 1 aliphatic heterocycles. The van der Waals surface area contributed by atoms with Gasteiger partial charge in [-0.1, -0.05) is 35.8 Å². The number of carbonyl (C=O) groups excluding carboxylic acids is 1. The van der Waals surface area contributed by atoms with Crippen LogP contribution in [0.4, 0.5) is 0 Å². The summed E-state index contributed by atoms with van der Waals surface area (Å²) in [5.74, 6) is 0.996. The molecule has 1 saturated heterocycles. The Kier molecular flexibility index (Phi) is 5.48. The van der Waals surface area contributed by atoms with E-state index in [2.05, 4.69) is 17.1 Å². The molecule has 0 spiro atoms. The number of piperidine rings is 1. The predicted molar refractivity (Wildman–Crippen MR) is 108 cm³/mol. The summed E-state index contributed by atoms with van der Waals surface area (Å²) < 4.78 is 7.34. The Morgan fingerprint density at radius 3 is 3.00 bits per heavy atom. The third kappa shape index (κ3) is 3.83. The van der Waals surface area contributed by atoms with Crippen LogP contribution in [0.25, 0.3) is 23.0 Å². The van der Waals surface area contributed by atoms with Crippen LogP contribution in [0.5, 0.6) is 0 Å². The van der Waals surface area contributed by atoms with E-state index < -0.39 is 0 Å². The van der Waals surface area contributed by atoms with Gasteiger partial charge in [0.2, 0.25) is 11.7 Å². The standard InChI is InChI=1S/C21H23ClN4O2/c1-2-17-9-3-4-12-26(17)19(27)14-25-11-6-10-18(25)21-23-20(24-28-21)15-7-5-8-16(22)13-15/h5-8,10-11,13,17H,2-4,9,12,14H2,1H3/t17-/m1/s1. The highest BCUT2D eigenvalue weighted by molar-refractivity contribution is 6.30. The van der Waals surface area contributed by atoms with E-state index in [4.69, 9.17) is 16.1 Å². The van der Waals surface area contributed by atoms with Crippen molar-refractivity contribution >= 4 is 17.5 Å². The number of hydrogen-bond acceptors (Lipinski definition) is 4. The molecule has 4 rings (SSSR count). The molecule has 2 aromatic heterocycles. The van der Waals surface area contributed by atoms with E-state index in [0.717, 1.165) is 37.1 Å². The van der Waals surface area contributed by atoms with E-state index in [1.54, 1.807) is 12.1 Å². The highest BCUT2D eigenvalue weighted by Crippen LogP contribution is 2.25. The minimum Gasteiger partial charge on any atom is -0.338 e. The zero-order valence-electron chi connectivity index (χ0n) is 15.8. The fourth-order valence-corrected chi connectivity index (χ4v) is 4.00. The predicted octanol–water partition coefficient (Wildman–Crippen LogP) is 4.65. The van der Waals surface area contributed by atoms with Gasteiger partial charge in [-0.05, 0) is 49.9 Å². The lowest BCUT2D eigenvalue weighted by molar-refractivity contribution is -0.135. The van der Waals surface area contributed by atoms with Gasteiger partial charge in [0.1, 0.15) is 12.2 Å². The second kappa shape index (κ2) is 8.19. The lowest BCUT2D eigenvalue weighted by Crippen LogP contribution is -2.44. The van der Waals surface area contributed by atoms with Crippen molar-refractivity contribution < 1.29 is 9.32 Å². The van der Waals surface area contributed by atoms with Crippen molar-refractivity contribution in [2.45, 2.75) is 45.2 Å². The Balaban J connectivity index is 1.54. The molecule has 6 nitrogen and oxygen atoms in total. The Morgan fingerprint density at radius 1 is 1.29 bits per heavy atom. The summed E-state index contributed by atoms with van der Waals surface area (Å²) in [7, 11) is 0. The molecular formula is C21H23ClN4O2. The zero-order valence-corrected chi connectivity index (χ0v) is 16.6. The summed E-state index contributed by atoms with van der Waals surface area (Å²) in [5, 5.41) is 4.68. The first-order valence-electron chi connectivity index (χ1n) is 9.70. The SMILES string of the molecule is CC[C@@H]1CCCCN1C(=O)Cn1cccc1-c1nc(-c2cccc(Cl)c2)no1. The van der Waals surface area contributed by atoms with E-state index in [-0.39, 0.29) is 12.5 Å². The molecule has 3 aromatic rings. The molecule has 1 aliphatic rings. The summed E-state index contributed by atoms with van der Waals surface area (Å²) in [4.78, 5) is 19.4. The second-order valence-corrected chi connectivity index (χ2v) is 7.54. The smallest absolute Gasteiger partial charge is 0.274 e. The highest BCUT2D eigenvalue weighted by atomic mass is 35.5. The number of likely N-dealkylation sites (tertiary alicyclic amines) is 1. The van der Waals surface area contributed by atoms with Gasteiger partial charge in [0, 0.05) is 29.4 Å². The normalized spacial score (nSPS) is 17.1. The largest absolute Gasteiger partial charge is 0.338 e. The molecule has 28 heavy (non-hydrogen) atoms. The van der Waals surface area contributed by atoms with E-state index >= 15 is 0 Å². The van der Waals surface area contributed by atoms with Crippen LogP contribution < -0.4 is 0 Å². The van der Waals surface area contributed by atoms with Crippen LogP contribution in [0.3, 0.4) is 0 Å². The van der Waals surface area contributed by atoms with Gasteiger partial charge in [-0.2, -0.15) is 4.98 Å². The molecular weight excluding hydrogens is 376 g/mol. The van der Waals surface area contributed by atoms with E-state index in [9.17, 15) is 4.79 Å². The zero-order chi connectivity index (χ0) is 19.5. The molecule has 0 unspecified atom stereocenters. The number of nitrogens with zero attached hydrogens (tertiary/aromatic N) is 4. The maximum Gasteiger partial charge on any atom is 0.274 e. The van der Waals surface area contributed by atoms with Gasteiger partial charge >= 0.3 is 0 Å². The summed E-state index contributed by atoms with van der Waals surface area (Å²) in [6.45, 7) is 3.26. The van der Waals surface area contributed by atoms with E-state index in [1.807, 2.05) is 39.9 Å². The van der Waals surface area contributed by atoms with Gasteiger partial charge in [0.25, 0.3) is 5.89 Å². The molecule has 3 heterocycles. The summed E-state index contributed by atoms with van der Waals surface area (Å²) in [6.07, 6.45) is 6.24. The van der Waals surface area contributed by atoms with Crippen LogP contribution in [0.1, 0.15) is 32.6 Å². The maximum atomic E-state index is 12.9. The van der Waals surface area contributed by atoms with Crippen LogP contribution in [0.2, 0.25) is 5.02 Å². The second-order valence-electron chi connectivity index (χ2n) is 7.10. The number of benzene rings is 1. The van der Waals surface area contributed by atoms with Crippen molar-refractivity contribution in [1.82, 2.24) is 19.6 Å². The van der Waals surface area contributed by atoms with Gasteiger partial charge < -0.3 is 14.0 Å². The molecule has 1 amide bonds. The number of rotatable bonds is 5. The molecule has 146 valence electrons. The molecule has 0 aliphatic carbocycles. The first kappa shape index (κ1) is 18.7. The monoisotopic (exact) mass is 398 g/mol. The molecule has 0 radical (unpaired) electrons. The fraction of sp³-hybridized carbons (Fsp3) is 0.381. The summed E-state index contributed by atoms with van der Waals surface area (Å²) in [6, 6.07) is 11.4. The topological polar surface area (TPSA) is 64.2 Å². The summed E-state index contributed by atoms with van der Waals surface area (Å²) >= 11 is 6.05.